The molecule has 4 nitrogen and oxygen atoms in total. The van der Waals surface area contributed by atoms with Crippen molar-refractivity contribution in [2.45, 2.75) is 19.4 Å². The minimum absolute atomic E-state index is 0.0146. The van der Waals surface area contributed by atoms with Crippen LogP contribution in [0.5, 0.6) is 0 Å². The van der Waals surface area contributed by atoms with Gasteiger partial charge in [0.1, 0.15) is 0 Å². The van der Waals surface area contributed by atoms with Crippen molar-refractivity contribution in [3.8, 4) is 11.1 Å². The Hall–Kier alpha value is -3.02. The molecule has 31 heavy (non-hydrogen) atoms. The molecule has 0 spiro atoms. The SMILES string of the molecule is Cc1nc2ccccc2c(-c2ccccc2)c1CC(=O)NCC(c1cccs1)N(C)C. The first-order valence-electron chi connectivity index (χ1n) is 10.4. The monoisotopic (exact) mass is 429 g/mol. The van der Waals surface area contributed by atoms with Crippen LogP contribution in [0.25, 0.3) is 22.0 Å². The lowest BCUT2D eigenvalue weighted by atomic mass is 9.92. The highest BCUT2D eigenvalue weighted by Crippen LogP contribution is 2.33. The van der Waals surface area contributed by atoms with Gasteiger partial charge in [-0.05, 0) is 55.2 Å². The predicted molar refractivity (Wildman–Crippen MR) is 129 cm³/mol. The molecular weight excluding hydrogens is 402 g/mol. The van der Waals surface area contributed by atoms with Gasteiger partial charge in [0.25, 0.3) is 0 Å². The predicted octanol–water partition coefficient (Wildman–Crippen LogP) is 5.23. The average Bonchev–Trinajstić information content (AvgIpc) is 3.29. The van der Waals surface area contributed by atoms with E-state index in [1.165, 1.54) is 4.88 Å². The zero-order valence-corrected chi connectivity index (χ0v) is 18.9. The number of carbonyl (C=O) groups excluding carboxylic acids is 1. The van der Waals surface area contributed by atoms with Crippen LogP contribution in [0.2, 0.25) is 0 Å². The normalized spacial score (nSPS) is 12.3. The summed E-state index contributed by atoms with van der Waals surface area (Å²) in [6.45, 7) is 2.57. The highest BCUT2D eigenvalue weighted by molar-refractivity contribution is 7.10. The molecule has 0 aliphatic carbocycles. The van der Waals surface area contributed by atoms with Crippen LogP contribution in [0.4, 0.5) is 0 Å². The molecule has 2 aromatic carbocycles. The van der Waals surface area contributed by atoms with Crippen molar-refractivity contribution in [1.29, 1.82) is 0 Å². The summed E-state index contributed by atoms with van der Waals surface area (Å²) in [6, 6.07) is 22.8. The number of thiophene rings is 1. The summed E-state index contributed by atoms with van der Waals surface area (Å²) < 4.78 is 0. The van der Waals surface area contributed by atoms with Crippen LogP contribution in [-0.2, 0) is 11.2 Å². The van der Waals surface area contributed by atoms with E-state index < -0.39 is 0 Å². The number of carbonyl (C=O) groups is 1. The zero-order chi connectivity index (χ0) is 21.8. The van der Waals surface area contributed by atoms with Crippen LogP contribution in [0.1, 0.15) is 22.2 Å². The quantitative estimate of drug-likeness (QED) is 0.437. The summed E-state index contributed by atoms with van der Waals surface area (Å²) in [7, 11) is 4.09. The number of amides is 1. The van der Waals surface area contributed by atoms with Crippen molar-refractivity contribution >= 4 is 28.1 Å². The largest absolute Gasteiger partial charge is 0.354 e. The van der Waals surface area contributed by atoms with Gasteiger partial charge in [0.05, 0.1) is 18.0 Å². The fraction of sp³-hybridized carbons (Fsp3) is 0.231. The standard InChI is InChI=1S/C26H27N3OS/c1-18-21(16-25(30)27-17-23(29(2)3)24-14-9-15-31-24)26(19-10-5-4-6-11-19)20-12-7-8-13-22(20)28-18/h4-15,23H,16-17H2,1-3H3,(H,27,30). The minimum Gasteiger partial charge on any atom is -0.354 e. The topological polar surface area (TPSA) is 45.2 Å². The second kappa shape index (κ2) is 9.41. The van der Waals surface area contributed by atoms with Gasteiger partial charge in [-0.15, -0.1) is 11.3 Å². The van der Waals surface area contributed by atoms with Gasteiger partial charge in [0.2, 0.25) is 5.91 Å². The third-order valence-corrected chi connectivity index (χ3v) is 6.56. The summed E-state index contributed by atoms with van der Waals surface area (Å²) in [4.78, 5) is 21.2. The van der Waals surface area contributed by atoms with Crippen LogP contribution < -0.4 is 5.32 Å². The molecule has 0 radical (unpaired) electrons. The smallest absolute Gasteiger partial charge is 0.224 e. The molecule has 1 unspecified atom stereocenters. The molecule has 0 bridgehead atoms. The summed E-state index contributed by atoms with van der Waals surface area (Å²) in [6.07, 6.45) is 0.304. The molecule has 2 heterocycles. The van der Waals surface area contributed by atoms with Gasteiger partial charge in [-0.3, -0.25) is 9.78 Å². The first-order chi connectivity index (χ1) is 15.0. The number of fused-ring (bicyclic) bond motifs is 1. The Labute approximate surface area is 187 Å². The number of likely N-dealkylation sites (N-methyl/N-ethyl adjacent to an activating group) is 1. The van der Waals surface area contributed by atoms with E-state index in [2.05, 4.69) is 45.9 Å². The molecule has 4 aromatic rings. The number of aryl methyl sites for hydroxylation is 1. The third kappa shape index (κ3) is 4.68. The third-order valence-electron chi connectivity index (χ3n) is 5.59. The summed E-state index contributed by atoms with van der Waals surface area (Å²) in [5.74, 6) is 0.0146. The van der Waals surface area contributed by atoms with E-state index in [4.69, 9.17) is 4.98 Å². The van der Waals surface area contributed by atoms with E-state index in [1.807, 2.05) is 57.4 Å². The lowest BCUT2D eigenvalue weighted by molar-refractivity contribution is -0.120. The number of hydrogen-bond donors (Lipinski definition) is 1. The van der Waals surface area contributed by atoms with E-state index in [-0.39, 0.29) is 11.9 Å². The van der Waals surface area contributed by atoms with Gasteiger partial charge in [0, 0.05) is 22.5 Å². The van der Waals surface area contributed by atoms with E-state index in [1.54, 1.807) is 11.3 Å². The maximum absolute atomic E-state index is 13.0. The van der Waals surface area contributed by atoms with Crippen molar-refractivity contribution in [2.24, 2.45) is 0 Å². The van der Waals surface area contributed by atoms with Gasteiger partial charge in [-0.1, -0.05) is 54.6 Å². The van der Waals surface area contributed by atoms with Crippen molar-refractivity contribution < 1.29 is 4.79 Å². The van der Waals surface area contributed by atoms with Crippen LogP contribution >= 0.6 is 11.3 Å². The molecule has 4 rings (SSSR count). The maximum atomic E-state index is 13.0. The minimum atomic E-state index is 0.0146. The lowest BCUT2D eigenvalue weighted by Crippen LogP contribution is -2.35. The highest BCUT2D eigenvalue weighted by Gasteiger charge is 2.19. The number of rotatable bonds is 7. The second-order valence-electron chi connectivity index (χ2n) is 7.91. The number of nitrogens with one attached hydrogen (secondary N) is 1. The highest BCUT2D eigenvalue weighted by atomic mass is 32.1. The van der Waals surface area contributed by atoms with E-state index in [9.17, 15) is 4.79 Å². The molecule has 0 fully saturated rings. The Balaban J connectivity index is 1.63. The number of benzene rings is 2. The maximum Gasteiger partial charge on any atom is 0.224 e. The van der Waals surface area contributed by atoms with Crippen molar-refractivity contribution in [3.05, 3.63) is 88.2 Å². The fourth-order valence-corrected chi connectivity index (χ4v) is 4.90. The molecule has 0 saturated carbocycles. The van der Waals surface area contributed by atoms with Crippen molar-refractivity contribution in [2.75, 3.05) is 20.6 Å². The molecule has 1 amide bonds. The van der Waals surface area contributed by atoms with Gasteiger partial charge in [0.15, 0.2) is 0 Å². The van der Waals surface area contributed by atoms with Crippen LogP contribution in [0, 0.1) is 6.92 Å². The molecular formula is C26H27N3OS. The van der Waals surface area contributed by atoms with E-state index in [0.717, 1.165) is 33.3 Å². The molecule has 0 aliphatic rings. The van der Waals surface area contributed by atoms with Gasteiger partial charge in [-0.25, -0.2) is 0 Å². The molecule has 2 aromatic heterocycles. The number of hydrogen-bond acceptors (Lipinski definition) is 4. The Morgan fingerprint density at radius 1 is 1.03 bits per heavy atom. The lowest BCUT2D eigenvalue weighted by Gasteiger charge is -2.24. The van der Waals surface area contributed by atoms with Crippen LogP contribution in [0.3, 0.4) is 0 Å². The Morgan fingerprint density at radius 2 is 1.77 bits per heavy atom. The van der Waals surface area contributed by atoms with Crippen LogP contribution in [-0.4, -0.2) is 36.4 Å². The summed E-state index contributed by atoms with van der Waals surface area (Å²) >= 11 is 1.72. The van der Waals surface area contributed by atoms with E-state index in [0.29, 0.717) is 13.0 Å². The summed E-state index contributed by atoms with van der Waals surface area (Å²) in [5, 5.41) is 6.30. The Bertz CT molecular complexity index is 1170. The summed E-state index contributed by atoms with van der Waals surface area (Å²) in [5.41, 5.74) is 5.04. The van der Waals surface area contributed by atoms with Crippen molar-refractivity contribution in [1.82, 2.24) is 15.2 Å². The van der Waals surface area contributed by atoms with Gasteiger partial charge in [-0.2, -0.15) is 0 Å². The Kier molecular flexibility index (Phi) is 6.44. The average molecular weight is 430 g/mol. The molecule has 1 N–H and O–H groups in total. The van der Waals surface area contributed by atoms with Gasteiger partial charge >= 0.3 is 0 Å². The molecule has 5 heteroatoms. The first-order valence-corrected chi connectivity index (χ1v) is 11.3. The number of nitrogens with zero attached hydrogens (tertiary/aromatic N) is 2. The first kappa shape index (κ1) is 21.2. The number of pyridine rings is 1. The zero-order valence-electron chi connectivity index (χ0n) is 18.1. The van der Waals surface area contributed by atoms with E-state index >= 15 is 0 Å². The van der Waals surface area contributed by atoms with Crippen molar-refractivity contribution in [3.63, 3.8) is 0 Å². The van der Waals surface area contributed by atoms with Crippen LogP contribution in [0.15, 0.2) is 72.1 Å². The van der Waals surface area contributed by atoms with Gasteiger partial charge < -0.3 is 10.2 Å². The number of para-hydroxylation sites is 1. The number of aromatic nitrogens is 1. The fourth-order valence-electron chi connectivity index (χ4n) is 3.98. The second-order valence-corrected chi connectivity index (χ2v) is 8.89. The molecule has 0 aliphatic heterocycles. The molecule has 158 valence electrons. The molecule has 0 saturated heterocycles. The Morgan fingerprint density at radius 3 is 2.48 bits per heavy atom. The molecule has 1 atom stereocenters.